The number of alkyl halides is 6. The Morgan fingerprint density at radius 1 is 1.00 bits per heavy atom. The lowest BCUT2D eigenvalue weighted by molar-refractivity contribution is -0.142. The third-order valence-electron chi connectivity index (χ3n) is 4.07. The minimum absolute atomic E-state index is 0.0111. The molecule has 0 radical (unpaired) electrons. The summed E-state index contributed by atoms with van der Waals surface area (Å²) in [4.78, 5) is 11.0. The Hall–Kier alpha value is -2.75. The van der Waals surface area contributed by atoms with Crippen molar-refractivity contribution in [3.8, 4) is 16.9 Å². The summed E-state index contributed by atoms with van der Waals surface area (Å²) in [5.41, 5.74) is 0.191. The number of ether oxygens (including phenoxy) is 2. The summed E-state index contributed by atoms with van der Waals surface area (Å²) < 4.78 is 87.0. The number of halogens is 6. The van der Waals surface area contributed by atoms with Crippen LogP contribution in [0.15, 0.2) is 36.4 Å². The molecule has 0 atom stereocenters. The molecule has 0 aliphatic carbocycles. The first-order valence-corrected chi connectivity index (χ1v) is 8.69. The molecule has 164 valence electrons. The Bertz CT molecular complexity index is 893. The van der Waals surface area contributed by atoms with E-state index >= 15 is 0 Å². The molecule has 2 aromatic carbocycles. The largest absolute Gasteiger partial charge is 0.496 e. The van der Waals surface area contributed by atoms with Crippen molar-refractivity contribution in [1.29, 1.82) is 0 Å². The fraction of sp³-hybridized carbons (Fsp3) is 0.350. The molecule has 0 aliphatic heterocycles. The number of methoxy groups -OCH3 is 1. The fourth-order valence-corrected chi connectivity index (χ4v) is 2.76. The van der Waals surface area contributed by atoms with E-state index in [4.69, 9.17) is 9.47 Å². The van der Waals surface area contributed by atoms with Gasteiger partial charge in [-0.05, 0) is 41.0 Å². The highest BCUT2D eigenvalue weighted by Crippen LogP contribution is 2.37. The lowest BCUT2D eigenvalue weighted by Gasteiger charge is -2.18. The van der Waals surface area contributed by atoms with Crippen LogP contribution in [-0.4, -0.2) is 25.8 Å². The second-order valence-corrected chi connectivity index (χ2v) is 6.40. The molecule has 0 fully saturated rings. The van der Waals surface area contributed by atoms with Crippen LogP contribution in [0.2, 0.25) is 0 Å². The molecule has 0 aliphatic rings. The molecule has 0 spiro atoms. The number of carbonyl (C=O) groups is 1. The third-order valence-corrected chi connectivity index (χ3v) is 4.07. The van der Waals surface area contributed by atoms with Crippen molar-refractivity contribution < 1.29 is 40.6 Å². The van der Waals surface area contributed by atoms with Crippen molar-refractivity contribution in [1.82, 2.24) is 5.32 Å². The molecule has 10 heteroatoms. The first-order chi connectivity index (χ1) is 13.9. The molecule has 2 aromatic rings. The van der Waals surface area contributed by atoms with Crippen molar-refractivity contribution in [2.75, 3.05) is 13.7 Å². The molecule has 0 heterocycles. The van der Waals surface area contributed by atoms with Gasteiger partial charge in [-0.3, -0.25) is 4.79 Å². The number of nitrogens with one attached hydrogen (secondary N) is 1. The van der Waals surface area contributed by atoms with Crippen LogP contribution in [-0.2, 0) is 28.9 Å². The molecular formula is C20H19F6NO3. The zero-order chi connectivity index (χ0) is 22.5. The molecule has 0 unspecified atom stereocenters. The highest BCUT2D eigenvalue weighted by atomic mass is 19.4. The van der Waals surface area contributed by atoms with Gasteiger partial charge in [0.2, 0.25) is 0 Å². The summed E-state index contributed by atoms with van der Waals surface area (Å²) >= 11 is 0. The first-order valence-electron chi connectivity index (χ1n) is 8.69. The molecule has 0 amide bonds. The fourth-order valence-electron chi connectivity index (χ4n) is 2.76. The number of rotatable bonds is 7. The molecule has 30 heavy (non-hydrogen) atoms. The quantitative estimate of drug-likeness (QED) is 0.486. The van der Waals surface area contributed by atoms with E-state index in [0.29, 0.717) is 16.9 Å². The maximum atomic E-state index is 13.1. The van der Waals surface area contributed by atoms with Crippen molar-refractivity contribution in [2.24, 2.45) is 0 Å². The highest BCUT2D eigenvalue weighted by Gasteiger charge is 2.32. The predicted molar refractivity (Wildman–Crippen MR) is 96.7 cm³/mol. The number of carbonyl (C=O) groups excluding carboxylic acids is 1. The topological polar surface area (TPSA) is 47.6 Å². The molecule has 0 saturated heterocycles. The second-order valence-electron chi connectivity index (χ2n) is 6.40. The van der Waals surface area contributed by atoms with Crippen LogP contribution in [0.1, 0.15) is 23.6 Å². The number of hydrogen-bond acceptors (Lipinski definition) is 4. The van der Waals surface area contributed by atoms with Crippen LogP contribution in [0.25, 0.3) is 11.1 Å². The Labute approximate surface area is 168 Å². The van der Waals surface area contributed by atoms with Crippen molar-refractivity contribution >= 4 is 5.97 Å². The van der Waals surface area contributed by atoms with Gasteiger partial charge in [-0.2, -0.15) is 26.3 Å². The van der Waals surface area contributed by atoms with E-state index in [-0.39, 0.29) is 17.7 Å². The monoisotopic (exact) mass is 435 g/mol. The van der Waals surface area contributed by atoms with Crippen LogP contribution in [0.4, 0.5) is 26.3 Å². The molecule has 0 saturated carbocycles. The summed E-state index contributed by atoms with van der Waals surface area (Å²) in [7, 11) is 1.36. The van der Waals surface area contributed by atoms with Crippen molar-refractivity contribution in [3.05, 3.63) is 53.1 Å². The SMILES string of the molecule is COc1ccc(COC(C)=O)cc1-c1ccc(C(F)(F)F)cc1CNCC(F)(F)F. The van der Waals surface area contributed by atoms with E-state index in [1.165, 1.54) is 20.1 Å². The number of esters is 1. The van der Waals surface area contributed by atoms with Crippen LogP contribution in [0.3, 0.4) is 0 Å². The molecule has 1 N–H and O–H groups in total. The van der Waals surface area contributed by atoms with Gasteiger partial charge in [0, 0.05) is 19.0 Å². The number of benzene rings is 2. The molecule has 2 rings (SSSR count). The van der Waals surface area contributed by atoms with Gasteiger partial charge in [-0.25, -0.2) is 0 Å². The van der Waals surface area contributed by atoms with Crippen LogP contribution in [0, 0.1) is 0 Å². The van der Waals surface area contributed by atoms with Crippen molar-refractivity contribution in [3.63, 3.8) is 0 Å². The lowest BCUT2D eigenvalue weighted by atomic mass is 9.95. The van der Waals surface area contributed by atoms with Gasteiger partial charge in [-0.15, -0.1) is 0 Å². The Morgan fingerprint density at radius 3 is 2.27 bits per heavy atom. The van der Waals surface area contributed by atoms with Crippen LogP contribution >= 0.6 is 0 Å². The van der Waals surface area contributed by atoms with Crippen LogP contribution in [0.5, 0.6) is 5.75 Å². The standard InChI is InChI=1S/C20H19F6NO3/c1-12(28)30-10-13-3-6-18(29-2)17(7-13)16-5-4-15(20(24,25)26)8-14(16)9-27-11-19(21,22)23/h3-8,27H,9-11H2,1-2H3. The summed E-state index contributed by atoms with van der Waals surface area (Å²) in [5.74, 6) is -0.211. The summed E-state index contributed by atoms with van der Waals surface area (Å²) in [6, 6.07) is 7.53. The van der Waals surface area contributed by atoms with Gasteiger partial charge in [0.1, 0.15) is 12.4 Å². The molecule has 0 aromatic heterocycles. The molecular weight excluding hydrogens is 416 g/mol. The second kappa shape index (κ2) is 9.38. The van der Waals surface area contributed by atoms with Gasteiger partial charge in [0.05, 0.1) is 19.2 Å². The summed E-state index contributed by atoms with van der Waals surface area (Å²) in [6.07, 6.45) is -9.16. The predicted octanol–water partition coefficient (Wildman–Crippen LogP) is 5.10. The smallest absolute Gasteiger partial charge is 0.416 e. The van der Waals surface area contributed by atoms with Gasteiger partial charge < -0.3 is 14.8 Å². The maximum Gasteiger partial charge on any atom is 0.416 e. The summed E-state index contributed by atoms with van der Waals surface area (Å²) in [6.45, 7) is -0.651. The first kappa shape index (κ1) is 23.5. The van der Waals surface area contributed by atoms with E-state index in [1.54, 1.807) is 18.2 Å². The number of hydrogen-bond donors (Lipinski definition) is 1. The molecule has 0 bridgehead atoms. The van der Waals surface area contributed by atoms with E-state index in [2.05, 4.69) is 5.32 Å². The van der Waals surface area contributed by atoms with Gasteiger partial charge in [-0.1, -0.05) is 12.1 Å². The van der Waals surface area contributed by atoms with Crippen LogP contribution < -0.4 is 10.1 Å². The van der Waals surface area contributed by atoms with Gasteiger partial charge in [0.15, 0.2) is 0 Å². The van der Waals surface area contributed by atoms with E-state index in [0.717, 1.165) is 12.1 Å². The summed E-state index contributed by atoms with van der Waals surface area (Å²) in [5, 5.41) is 2.12. The minimum atomic E-state index is -4.65. The zero-order valence-electron chi connectivity index (χ0n) is 16.1. The minimum Gasteiger partial charge on any atom is -0.496 e. The molecule has 4 nitrogen and oxygen atoms in total. The Kier molecular flexibility index (Phi) is 7.35. The van der Waals surface area contributed by atoms with E-state index in [1.807, 2.05) is 0 Å². The zero-order valence-corrected chi connectivity index (χ0v) is 16.1. The maximum absolute atomic E-state index is 13.1. The normalized spacial score (nSPS) is 12.0. The highest BCUT2D eigenvalue weighted by molar-refractivity contribution is 5.74. The van der Waals surface area contributed by atoms with Gasteiger partial charge in [0.25, 0.3) is 0 Å². The average molecular weight is 435 g/mol. The van der Waals surface area contributed by atoms with E-state index in [9.17, 15) is 31.1 Å². The average Bonchev–Trinajstić information content (AvgIpc) is 2.64. The Morgan fingerprint density at radius 2 is 1.70 bits per heavy atom. The third kappa shape index (κ3) is 6.65. The van der Waals surface area contributed by atoms with E-state index < -0.39 is 37.0 Å². The van der Waals surface area contributed by atoms with Crippen molar-refractivity contribution in [2.45, 2.75) is 32.4 Å². The van der Waals surface area contributed by atoms with Gasteiger partial charge >= 0.3 is 18.3 Å². The Balaban J connectivity index is 2.49. The lowest BCUT2D eigenvalue weighted by Crippen LogP contribution is -2.28.